The van der Waals surface area contributed by atoms with E-state index in [2.05, 4.69) is 57.4 Å². The Kier molecular flexibility index (Phi) is 6.42. The molecular formula is C32H36N6O3. The van der Waals surface area contributed by atoms with Crippen molar-refractivity contribution >= 4 is 28.6 Å². The van der Waals surface area contributed by atoms with Crippen molar-refractivity contribution in [3.05, 3.63) is 65.5 Å². The molecule has 3 saturated heterocycles. The first-order valence-corrected chi connectivity index (χ1v) is 14.6. The summed E-state index contributed by atoms with van der Waals surface area (Å²) in [5.41, 5.74) is 5.01. The van der Waals surface area contributed by atoms with Gasteiger partial charge in [0.15, 0.2) is 0 Å². The van der Waals surface area contributed by atoms with Gasteiger partial charge in [-0.25, -0.2) is 4.98 Å². The molecule has 0 bridgehead atoms. The Bertz CT molecular complexity index is 1570. The Morgan fingerprint density at radius 3 is 2.49 bits per heavy atom. The zero-order valence-corrected chi connectivity index (χ0v) is 24.0. The minimum atomic E-state index is -0.0286. The van der Waals surface area contributed by atoms with Crippen LogP contribution in [0, 0.1) is 13.8 Å². The van der Waals surface area contributed by atoms with Crippen molar-refractivity contribution in [1.29, 1.82) is 0 Å². The summed E-state index contributed by atoms with van der Waals surface area (Å²) in [6.07, 6.45) is 3.46. The van der Waals surface area contributed by atoms with Gasteiger partial charge in [-0.3, -0.25) is 4.79 Å². The van der Waals surface area contributed by atoms with Crippen LogP contribution in [0.25, 0.3) is 22.0 Å². The lowest BCUT2D eigenvalue weighted by atomic mass is 9.85. The molecule has 9 nitrogen and oxygen atoms in total. The number of piperidine rings is 1. The van der Waals surface area contributed by atoms with Crippen LogP contribution in [0.5, 0.6) is 0 Å². The molecule has 0 saturated carbocycles. The van der Waals surface area contributed by atoms with Gasteiger partial charge in [-0.05, 0) is 56.4 Å². The molecule has 1 amide bonds. The number of hydrogen-bond donors (Lipinski definition) is 0. The maximum absolute atomic E-state index is 12.3. The van der Waals surface area contributed by atoms with Crippen LogP contribution in [0.3, 0.4) is 0 Å². The van der Waals surface area contributed by atoms with Crippen molar-refractivity contribution in [2.24, 2.45) is 0 Å². The SMILES string of the molecule is Cc1noc(C)c1-c1ccc2nc(N3CCC4(CCC(=O)N4C)CC3)nc(N3CCOC[C@@H]3c3ccccc3)c2c1. The smallest absolute Gasteiger partial charge is 0.227 e. The number of carbonyl (C=O) groups is 1. The highest BCUT2D eigenvalue weighted by Gasteiger charge is 2.45. The van der Waals surface area contributed by atoms with Crippen LogP contribution in [-0.4, -0.2) is 71.4 Å². The predicted octanol–water partition coefficient (Wildman–Crippen LogP) is 5.07. The van der Waals surface area contributed by atoms with Crippen molar-refractivity contribution in [1.82, 2.24) is 20.0 Å². The number of benzene rings is 2. The van der Waals surface area contributed by atoms with Crippen LogP contribution in [-0.2, 0) is 9.53 Å². The highest BCUT2D eigenvalue weighted by Crippen LogP contribution is 2.41. The lowest BCUT2D eigenvalue weighted by molar-refractivity contribution is -0.130. The quantitative estimate of drug-likeness (QED) is 0.347. The Morgan fingerprint density at radius 2 is 1.78 bits per heavy atom. The number of likely N-dealkylation sites (tertiary alicyclic amines) is 1. The summed E-state index contributed by atoms with van der Waals surface area (Å²) in [4.78, 5) is 29.4. The number of rotatable bonds is 4. The minimum absolute atomic E-state index is 0.0286. The minimum Gasteiger partial charge on any atom is -0.377 e. The van der Waals surface area contributed by atoms with Crippen molar-refractivity contribution < 1.29 is 14.1 Å². The number of anilines is 2. The molecule has 0 N–H and O–H groups in total. The number of amides is 1. The molecule has 3 aliphatic heterocycles. The monoisotopic (exact) mass is 552 g/mol. The first-order chi connectivity index (χ1) is 19.9. The molecule has 2 aromatic carbocycles. The predicted molar refractivity (Wildman–Crippen MR) is 158 cm³/mol. The van der Waals surface area contributed by atoms with E-state index in [0.29, 0.717) is 19.6 Å². The maximum Gasteiger partial charge on any atom is 0.227 e. The van der Waals surface area contributed by atoms with E-state index in [4.69, 9.17) is 19.2 Å². The number of ether oxygens (including phenoxy) is 1. The van der Waals surface area contributed by atoms with Gasteiger partial charge in [-0.2, -0.15) is 4.98 Å². The number of aromatic nitrogens is 3. The molecule has 212 valence electrons. The van der Waals surface area contributed by atoms with Gasteiger partial charge in [0.25, 0.3) is 0 Å². The van der Waals surface area contributed by atoms with Crippen molar-refractivity contribution in [2.75, 3.05) is 49.7 Å². The normalized spacial score (nSPS) is 20.9. The summed E-state index contributed by atoms with van der Waals surface area (Å²) in [7, 11) is 1.97. The average molecular weight is 553 g/mol. The molecule has 1 spiro atoms. The second-order valence-electron chi connectivity index (χ2n) is 11.6. The Labute approximate surface area is 240 Å². The zero-order chi connectivity index (χ0) is 28.1. The molecule has 41 heavy (non-hydrogen) atoms. The summed E-state index contributed by atoms with van der Waals surface area (Å²) < 4.78 is 11.5. The van der Waals surface area contributed by atoms with E-state index in [-0.39, 0.29) is 17.5 Å². The molecule has 5 heterocycles. The van der Waals surface area contributed by atoms with Gasteiger partial charge >= 0.3 is 0 Å². The first-order valence-electron chi connectivity index (χ1n) is 14.6. The topological polar surface area (TPSA) is 87.8 Å². The van der Waals surface area contributed by atoms with Gasteiger partial charge in [0.2, 0.25) is 11.9 Å². The maximum atomic E-state index is 12.3. The third-order valence-corrected chi connectivity index (χ3v) is 9.44. The van der Waals surface area contributed by atoms with Crippen molar-refractivity contribution in [3.8, 4) is 11.1 Å². The van der Waals surface area contributed by atoms with Crippen LogP contribution in [0.15, 0.2) is 53.1 Å². The Balaban J connectivity index is 1.32. The molecule has 3 aliphatic rings. The molecular weight excluding hydrogens is 516 g/mol. The second kappa shape index (κ2) is 10.1. The van der Waals surface area contributed by atoms with Crippen LogP contribution in [0.2, 0.25) is 0 Å². The number of fused-ring (bicyclic) bond motifs is 1. The molecule has 4 aromatic rings. The summed E-state index contributed by atoms with van der Waals surface area (Å²) >= 11 is 0. The summed E-state index contributed by atoms with van der Waals surface area (Å²) in [5.74, 6) is 2.73. The van der Waals surface area contributed by atoms with Gasteiger partial charge in [-0.15, -0.1) is 0 Å². The average Bonchev–Trinajstić information content (AvgIpc) is 3.49. The van der Waals surface area contributed by atoms with E-state index >= 15 is 0 Å². The highest BCUT2D eigenvalue weighted by molar-refractivity contribution is 5.94. The van der Waals surface area contributed by atoms with Crippen LogP contribution in [0.4, 0.5) is 11.8 Å². The Morgan fingerprint density at radius 1 is 0.976 bits per heavy atom. The van der Waals surface area contributed by atoms with Crippen molar-refractivity contribution in [3.63, 3.8) is 0 Å². The largest absolute Gasteiger partial charge is 0.377 e. The molecule has 9 heteroatoms. The van der Waals surface area contributed by atoms with Gasteiger partial charge in [0.1, 0.15) is 11.6 Å². The third kappa shape index (κ3) is 4.43. The van der Waals surface area contributed by atoms with Gasteiger partial charge in [-0.1, -0.05) is 41.6 Å². The Hall–Kier alpha value is -3.98. The summed E-state index contributed by atoms with van der Waals surface area (Å²) in [5, 5.41) is 5.19. The number of nitrogens with zero attached hydrogens (tertiary/aromatic N) is 6. The molecule has 0 radical (unpaired) electrons. The molecule has 1 atom stereocenters. The fraction of sp³-hybridized carbons (Fsp3) is 0.438. The van der Waals surface area contributed by atoms with E-state index in [9.17, 15) is 4.79 Å². The fourth-order valence-electron chi connectivity index (χ4n) is 6.97. The van der Waals surface area contributed by atoms with Gasteiger partial charge in [0.05, 0.1) is 30.5 Å². The van der Waals surface area contributed by atoms with Gasteiger partial charge in [0, 0.05) is 49.6 Å². The van der Waals surface area contributed by atoms with E-state index < -0.39 is 0 Å². The number of hydrogen-bond acceptors (Lipinski definition) is 8. The van der Waals surface area contributed by atoms with E-state index in [1.807, 2.05) is 31.9 Å². The number of carbonyl (C=O) groups excluding carboxylic acids is 1. The molecule has 3 fully saturated rings. The summed E-state index contributed by atoms with van der Waals surface area (Å²) in [6, 6.07) is 17.0. The number of morpholine rings is 1. The van der Waals surface area contributed by atoms with Crippen LogP contribution in [0.1, 0.15) is 48.7 Å². The number of aryl methyl sites for hydroxylation is 2. The lowest BCUT2D eigenvalue weighted by Gasteiger charge is -2.43. The third-order valence-electron chi connectivity index (χ3n) is 9.44. The fourth-order valence-corrected chi connectivity index (χ4v) is 6.97. The molecule has 2 aromatic heterocycles. The molecule has 0 unspecified atom stereocenters. The van der Waals surface area contributed by atoms with Crippen LogP contribution < -0.4 is 9.80 Å². The molecule has 0 aliphatic carbocycles. The van der Waals surface area contributed by atoms with E-state index in [1.165, 1.54) is 5.56 Å². The van der Waals surface area contributed by atoms with Crippen LogP contribution >= 0.6 is 0 Å². The first kappa shape index (κ1) is 26.0. The highest BCUT2D eigenvalue weighted by atomic mass is 16.5. The second-order valence-corrected chi connectivity index (χ2v) is 11.6. The van der Waals surface area contributed by atoms with E-state index in [0.717, 1.165) is 84.1 Å². The lowest BCUT2D eigenvalue weighted by Crippen LogP contribution is -2.52. The van der Waals surface area contributed by atoms with E-state index in [1.54, 1.807) is 0 Å². The molecule has 7 rings (SSSR count). The van der Waals surface area contributed by atoms with Gasteiger partial charge < -0.3 is 24.0 Å². The van der Waals surface area contributed by atoms with Crippen molar-refractivity contribution in [2.45, 2.75) is 51.1 Å². The zero-order valence-electron chi connectivity index (χ0n) is 24.0. The summed E-state index contributed by atoms with van der Waals surface area (Å²) in [6.45, 7) is 7.54. The standard InChI is InChI=1S/C32H36N6O3/c1-21-29(22(2)41-35-21)24-9-10-26-25(19-24)30(38-17-18-40-20-27(38)23-7-5-4-6-8-23)34-31(33-26)37-15-13-32(14-16-37)12-11-28(39)36(32)3/h4-10,19,27H,11-18,20H2,1-3H3/t27-/m1/s1.